The lowest BCUT2D eigenvalue weighted by Gasteiger charge is -2.46. The predicted molar refractivity (Wildman–Crippen MR) is 133 cm³/mol. The molecule has 0 bridgehead atoms. The average Bonchev–Trinajstić information content (AvgIpc) is 3.38. The molecule has 4 rings (SSSR count). The molecule has 2 aromatic heterocycles. The topological polar surface area (TPSA) is 112 Å². The minimum Gasteiger partial charge on any atom is -0.454 e. The Balaban J connectivity index is 1.48. The van der Waals surface area contributed by atoms with Gasteiger partial charge in [0, 0.05) is 51.0 Å². The van der Waals surface area contributed by atoms with E-state index in [9.17, 15) is 22.4 Å². The summed E-state index contributed by atoms with van der Waals surface area (Å²) in [7, 11) is 1.68. The van der Waals surface area contributed by atoms with Crippen molar-refractivity contribution in [3.63, 3.8) is 0 Å². The fourth-order valence-corrected chi connectivity index (χ4v) is 5.04. The molecule has 0 unspecified atom stereocenters. The van der Waals surface area contributed by atoms with E-state index in [1.54, 1.807) is 12.0 Å². The maximum absolute atomic E-state index is 14.4. The third-order valence-electron chi connectivity index (χ3n) is 7.18. The second-order valence-electron chi connectivity index (χ2n) is 10.4. The smallest absolute Gasteiger partial charge is 0.422 e. The number of carbonyl (C=O) groups is 1. The SMILES string of the molecule is COCCCN1C[C@@H](C)N(C(=O)N2Cc3c(Nc4nc(OCC(F)(F)F)ncc4F)n[nH]c3C2(C)C)C[C@H]1C. The van der Waals surface area contributed by atoms with Crippen molar-refractivity contribution < 1.29 is 31.8 Å². The minimum atomic E-state index is -4.60. The lowest BCUT2D eigenvalue weighted by atomic mass is 10.0. The first-order valence-electron chi connectivity index (χ1n) is 12.7. The van der Waals surface area contributed by atoms with Crippen LogP contribution in [0.4, 0.5) is 34.0 Å². The Kier molecular flexibility index (Phi) is 8.21. The van der Waals surface area contributed by atoms with Crippen LogP contribution < -0.4 is 10.1 Å². The molecule has 2 N–H and O–H groups in total. The summed E-state index contributed by atoms with van der Waals surface area (Å²) in [5, 5.41) is 9.85. The quantitative estimate of drug-likeness (QED) is 0.373. The molecular formula is C24H34F4N8O3. The van der Waals surface area contributed by atoms with Gasteiger partial charge in [-0.15, -0.1) is 0 Å². The lowest BCUT2D eigenvalue weighted by molar-refractivity contribution is -0.154. The van der Waals surface area contributed by atoms with Gasteiger partial charge < -0.3 is 24.6 Å². The monoisotopic (exact) mass is 558 g/mol. The number of halogens is 4. The first-order valence-corrected chi connectivity index (χ1v) is 12.7. The Morgan fingerprint density at radius 3 is 2.67 bits per heavy atom. The van der Waals surface area contributed by atoms with E-state index in [1.807, 2.05) is 25.7 Å². The van der Waals surface area contributed by atoms with Crippen molar-refractivity contribution in [3.05, 3.63) is 23.3 Å². The summed E-state index contributed by atoms with van der Waals surface area (Å²) in [5.41, 5.74) is 0.548. The third-order valence-corrected chi connectivity index (χ3v) is 7.18. The number of carbonyl (C=O) groups excluding carboxylic acids is 1. The summed E-state index contributed by atoms with van der Waals surface area (Å²) in [5.74, 6) is -1.09. The van der Waals surface area contributed by atoms with E-state index in [2.05, 4.69) is 42.0 Å². The molecule has 15 heteroatoms. The summed E-state index contributed by atoms with van der Waals surface area (Å²) in [4.78, 5) is 26.9. The van der Waals surface area contributed by atoms with Crippen LogP contribution in [-0.2, 0) is 16.8 Å². The average molecular weight is 559 g/mol. The highest BCUT2D eigenvalue weighted by Gasteiger charge is 2.46. The van der Waals surface area contributed by atoms with Gasteiger partial charge >= 0.3 is 18.2 Å². The molecule has 1 saturated heterocycles. The van der Waals surface area contributed by atoms with Gasteiger partial charge in [0.1, 0.15) is 0 Å². The molecule has 2 aromatic rings. The molecule has 0 radical (unpaired) electrons. The number of hydrogen-bond acceptors (Lipinski definition) is 8. The Hall–Kier alpha value is -3.20. The number of anilines is 2. The van der Waals surface area contributed by atoms with Crippen LogP contribution in [0.1, 0.15) is 45.4 Å². The number of fused-ring (bicyclic) bond motifs is 1. The second kappa shape index (κ2) is 11.1. The molecule has 1 fully saturated rings. The number of nitrogens with one attached hydrogen (secondary N) is 2. The Labute approximate surface area is 223 Å². The highest BCUT2D eigenvalue weighted by Crippen LogP contribution is 2.42. The first-order chi connectivity index (χ1) is 18.3. The van der Waals surface area contributed by atoms with Crippen molar-refractivity contribution in [3.8, 4) is 6.01 Å². The molecule has 216 valence electrons. The van der Waals surface area contributed by atoms with Crippen molar-refractivity contribution in [2.45, 2.75) is 64.5 Å². The first kappa shape index (κ1) is 28.8. The summed E-state index contributed by atoms with van der Waals surface area (Å²) in [6.45, 7) is 9.39. The summed E-state index contributed by atoms with van der Waals surface area (Å²) >= 11 is 0. The zero-order valence-electron chi connectivity index (χ0n) is 22.6. The van der Waals surface area contributed by atoms with Gasteiger partial charge in [-0.05, 0) is 34.1 Å². The number of piperazine rings is 1. The molecule has 0 aliphatic carbocycles. The normalized spacial score (nSPS) is 21.3. The predicted octanol–water partition coefficient (Wildman–Crippen LogP) is 3.63. The zero-order valence-corrected chi connectivity index (χ0v) is 22.6. The number of amides is 2. The number of H-pyrrole nitrogens is 1. The Morgan fingerprint density at radius 2 is 1.97 bits per heavy atom. The van der Waals surface area contributed by atoms with Gasteiger partial charge in [-0.3, -0.25) is 10.00 Å². The molecule has 11 nitrogen and oxygen atoms in total. The van der Waals surface area contributed by atoms with Gasteiger partial charge in [-0.2, -0.15) is 23.3 Å². The van der Waals surface area contributed by atoms with Crippen LogP contribution in [0.2, 0.25) is 0 Å². The van der Waals surface area contributed by atoms with E-state index < -0.39 is 36.0 Å². The van der Waals surface area contributed by atoms with Gasteiger partial charge in [0.25, 0.3) is 0 Å². The van der Waals surface area contributed by atoms with E-state index in [4.69, 9.17) is 4.74 Å². The summed E-state index contributed by atoms with van der Waals surface area (Å²) in [6, 6.07) is -0.585. The molecule has 0 saturated carbocycles. The number of methoxy groups -OCH3 is 1. The number of aromatic nitrogens is 4. The van der Waals surface area contributed by atoms with Crippen LogP contribution in [0.15, 0.2) is 6.20 Å². The van der Waals surface area contributed by atoms with Crippen LogP contribution in [-0.4, -0.2) is 99.1 Å². The van der Waals surface area contributed by atoms with Crippen molar-refractivity contribution in [1.82, 2.24) is 34.9 Å². The van der Waals surface area contributed by atoms with E-state index in [1.165, 1.54) is 0 Å². The third kappa shape index (κ3) is 6.19. The number of urea groups is 1. The van der Waals surface area contributed by atoms with Gasteiger partial charge in [0.15, 0.2) is 24.1 Å². The summed E-state index contributed by atoms with van der Waals surface area (Å²) in [6.07, 6.45) is -2.96. The van der Waals surface area contributed by atoms with Crippen LogP contribution in [0.5, 0.6) is 6.01 Å². The van der Waals surface area contributed by atoms with E-state index >= 15 is 0 Å². The molecule has 2 aliphatic heterocycles. The molecule has 2 atom stereocenters. The number of alkyl halides is 3. The van der Waals surface area contributed by atoms with Crippen molar-refractivity contribution in [2.75, 3.05) is 45.3 Å². The number of aromatic amines is 1. The molecule has 2 amide bonds. The fourth-order valence-electron chi connectivity index (χ4n) is 5.04. The Bertz CT molecular complexity index is 1170. The van der Waals surface area contributed by atoms with Crippen molar-refractivity contribution in [2.24, 2.45) is 0 Å². The fraction of sp³-hybridized carbons (Fsp3) is 0.667. The largest absolute Gasteiger partial charge is 0.454 e. The van der Waals surface area contributed by atoms with Crippen LogP contribution in [0.25, 0.3) is 0 Å². The number of nitrogens with zero attached hydrogens (tertiary/aromatic N) is 6. The van der Waals surface area contributed by atoms with E-state index in [-0.39, 0.29) is 30.5 Å². The zero-order chi connectivity index (χ0) is 28.5. The highest BCUT2D eigenvalue weighted by atomic mass is 19.4. The van der Waals surface area contributed by atoms with Crippen LogP contribution in [0, 0.1) is 5.82 Å². The molecule has 0 aromatic carbocycles. The standard InChI is InChI=1S/C24H34F4N8O3/c1-14-11-35(15(2)10-34(14)7-6-8-38-5)22(37)36-12-16-18(23(36,3)4)32-33-19(16)30-20-17(25)9-29-21(31-20)39-13-24(26,27)28/h9,14-15H,6-8,10-13H2,1-5H3,(H2,29,30,31,32,33)/t14-,15-/m1/s1. The summed E-state index contributed by atoms with van der Waals surface area (Å²) < 4.78 is 61.6. The maximum atomic E-state index is 14.4. The molecule has 4 heterocycles. The van der Waals surface area contributed by atoms with Crippen LogP contribution in [0.3, 0.4) is 0 Å². The number of rotatable bonds is 8. The minimum absolute atomic E-state index is 0.00746. The van der Waals surface area contributed by atoms with Crippen molar-refractivity contribution >= 4 is 17.7 Å². The maximum Gasteiger partial charge on any atom is 0.422 e. The second-order valence-corrected chi connectivity index (χ2v) is 10.4. The number of hydrogen-bond donors (Lipinski definition) is 2. The lowest BCUT2D eigenvalue weighted by Crippen LogP contribution is -2.61. The molecule has 2 aliphatic rings. The van der Waals surface area contributed by atoms with Gasteiger partial charge in [-0.1, -0.05) is 0 Å². The van der Waals surface area contributed by atoms with E-state index in [0.29, 0.717) is 30.6 Å². The highest BCUT2D eigenvalue weighted by molar-refractivity contribution is 5.78. The van der Waals surface area contributed by atoms with Crippen molar-refractivity contribution in [1.29, 1.82) is 0 Å². The van der Waals surface area contributed by atoms with E-state index in [0.717, 1.165) is 19.5 Å². The molecule has 0 spiro atoms. The van der Waals surface area contributed by atoms with Gasteiger partial charge in [0.2, 0.25) is 0 Å². The van der Waals surface area contributed by atoms with Gasteiger partial charge in [-0.25, -0.2) is 14.2 Å². The number of ether oxygens (including phenoxy) is 2. The van der Waals surface area contributed by atoms with Gasteiger partial charge in [0.05, 0.1) is 24.0 Å². The van der Waals surface area contributed by atoms with Crippen LogP contribution >= 0.6 is 0 Å². The Morgan fingerprint density at radius 1 is 1.23 bits per heavy atom. The molecule has 39 heavy (non-hydrogen) atoms. The molecular weight excluding hydrogens is 524 g/mol.